The summed E-state index contributed by atoms with van der Waals surface area (Å²) in [5.41, 5.74) is 0. The van der Waals surface area contributed by atoms with E-state index in [9.17, 15) is 0 Å². The molecule has 1 atom stereocenters. The fraction of sp³-hybridized carbons (Fsp3) is 0.692. The van der Waals surface area contributed by atoms with E-state index in [0.717, 1.165) is 30.5 Å². The molecule has 1 aliphatic heterocycles. The Morgan fingerprint density at radius 1 is 1.28 bits per heavy atom. The summed E-state index contributed by atoms with van der Waals surface area (Å²) in [6.45, 7) is 4.03. The molecule has 3 N–H and O–H groups in total. The molecule has 98 valence electrons. The number of rotatable bonds is 5. The molecule has 1 unspecified atom stereocenters. The predicted molar refractivity (Wildman–Crippen MR) is 72.9 cm³/mol. The lowest BCUT2D eigenvalue weighted by atomic mass is 10.2. The molecule has 2 fully saturated rings. The maximum atomic E-state index is 4.43. The molecule has 0 bridgehead atoms. The van der Waals surface area contributed by atoms with E-state index in [1.807, 2.05) is 13.0 Å². The van der Waals surface area contributed by atoms with Gasteiger partial charge in [-0.3, -0.25) is 0 Å². The summed E-state index contributed by atoms with van der Waals surface area (Å²) in [7, 11) is 0. The second-order valence-electron chi connectivity index (χ2n) is 5.28. The van der Waals surface area contributed by atoms with Gasteiger partial charge in [0.05, 0.1) is 0 Å². The van der Waals surface area contributed by atoms with Crippen molar-refractivity contribution in [1.82, 2.24) is 15.3 Å². The molecule has 1 saturated carbocycles. The van der Waals surface area contributed by atoms with E-state index >= 15 is 0 Å². The normalized spacial score (nSPS) is 23.1. The van der Waals surface area contributed by atoms with Gasteiger partial charge in [0.25, 0.3) is 0 Å². The molecule has 1 saturated heterocycles. The summed E-state index contributed by atoms with van der Waals surface area (Å²) in [6.07, 6.45) is 5.06. The molecule has 0 amide bonds. The van der Waals surface area contributed by atoms with Crippen LogP contribution in [-0.4, -0.2) is 35.1 Å². The van der Waals surface area contributed by atoms with Crippen LogP contribution in [-0.2, 0) is 0 Å². The van der Waals surface area contributed by atoms with E-state index in [2.05, 4.69) is 25.9 Å². The second kappa shape index (κ2) is 5.10. The zero-order valence-corrected chi connectivity index (χ0v) is 10.9. The van der Waals surface area contributed by atoms with Gasteiger partial charge in [-0.1, -0.05) is 0 Å². The average molecular weight is 247 g/mol. The summed E-state index contributed by atoms with van der Waals surface area (Å²) < 4.78 is 0. The third kappa shape index (κ3) is 3.10. The Morgan fingerprint density at radius 2 is 2.11 bits per heavy atom. The number of nitrogens with one attached hydrogen (secondary N) is 3. The molecule has 2 aliphatic rings. The first-order valence-corrected chi connectivity index (χ1v) is 6.89. The smallest absolute Gasteiger partial charge is 0.132 e. The monoisotopic (exact) mass is 247 g/mol. The van der Waals surface area contributed by atoms with Gasteiger partial charge in [0.15, 0.2) is 0 Å². The minimum Gasteiger partial charge on any atom is -0.368 e. The van der Waals surface area contributed by atoms with Gasteiger partial charge < -0.3 is 16.0 Å². The van der Waals surface area contributed by atoms with E-state index in [4.69, 9.17) is 0 Å². The van der Waals surface area contributed by atoms with Crippen LogP contribution in [0.4, 0.5) is 11.6 Å². The first-order valence-electron chi connectivity index (χ1n) is 6.89. The summed E-state index contributed by atoms with van der Waals surface area (Å²) in [5, 5.41) is 10.3. The lowest BCUT2D eigenvalue weighted by Crippen LogP contribution is -2.29. The van der Waals surface area contributed by atoms with E-state index in [-0.39, 0.29) is 0 Å². The quantitative estimate of drug-likeness (QED) is 0.736. The molecule has 0 spiro atoms. The van der Waals surface area contributed by atoms with Gasteiger partial charge in [-0.05, 0) is 39.2 Å². The Labute approximate surface area is 108 Å². The zero-order chi connectivity index (χ0) is 12.4. The third-order valence-electron chi connectivity index (χ3n) is 3.46. The van der Waals surface area contributed by atoms with Gasteiger partial charge in [-0.15, -0.1) is 0 Å². The highest BCUT2D eigenvalue weighted by Crippen LogP contribution is 2.24. The van der Waals surface area contributed by atoms with Crippen LogP contribution >= 0.6 is 0 Å². The fourth-order valence-corrected chi connectivity index (χ4v) is 2.33. The van der Waals surface area contributed by atoms with E-state index in [0.29, 0.717) is 12.1 Å². The van der Waals surface area contributed by atoms with Crippen molar-refractivity contribution in [3.8, 4) is 0 Å². The molecule has 1 aromatic rings. The second-order valence-corrected chi connectivity index (χ2v) is 5.28. The minimum atomic E-state index is 0.583. The number of hydrogen-bond acceptors (Lipinski definition) is 5. The van der Waals surface area contributed by atoms with Crippen LogP contribution in [0.25, 0.3) is 0 Å². The van der Waals surface area contributed by atoms with Crippen molar-refractivity contribution in [3.63, 3.8) is 0 Å². The van der Waals surface area contributed by atoms with Crippen LogP contribution in [0.15, 0.2) is 6.07 Å². The molecular weight excluding hydrogens is 226 g/mol. The lowest BCUT2D eigenvalue weighted by Gasteiger charge is -2.13. The summed E-state index contributed by atoms with van der Waals surface area (Å²) in [6, 6.07) is 3.23. The molecule has 5 heteroatoms. The van der Waals surface area contributed by atoms with E-state index < -0.39 is 0 Å². The van der Waals surface area contributed by atoms with Crippen molar-refractivity contribution in [2.75, 3.05) is 23.7 Å². The van der Waals surface area contributed by atoms with Crippen molar-refractivity contribution in [1.29, 1.82) is 0 Å². The average Bonchev–Trinajstić information content (AvgIpc) is 2.99. The fourth-order valence-electron chi connectivity index (χ4n) is 2.33. The first kappa shape index (κ1) is 11.7. The molecule has 5 nitrogen and oxygen atoms in total. The first-order chi connectivity index (χ1) is 8.79. The number of hydrogen-bond donors (Lipinski definition) is 3. The standard InChI is InChI=1S/C13H21N5/c1-9-16-12(15-8-11-3-2-6-14-11)7-13(17-9)18-10-4-5-10/h7,10-11,14H,2-6,8H2,1H3,(H2,15,16,17,18). The molecule has 0 aromatic carbocycles. The van der Waals surface area contributed by atoms with Gasteiger partial charge in [0.2, 0.25) is 0 Å². The van der Waals surface area contributed by atoms with Crippen molar-refractivity contribution in [2.24, 2.45) is 0 Å². The molecule has 0 radical (unpaired) electrons. The largest absolute Gasteiger partial charge is 0.368 e. The Kier molecular flexibility index (Phi) is 3.32. The van der Waals surface area contributed by atoms with Gasteiger partial charge in [0.1, 0.15) is 17.5 Å². The van der Waals surface area contributed by atoms with Crippen molar-refractivity contribution >= 4 is 11.6 Å². The number of aryl methyl sites for hydroxylation is 1. The maximum absolute atomic E-state index is 4.43. The Morgan fingerprint density at radius 3 is 2.83 bits per heavy atom. The molecule has 1 aliphatic carbocycles. The van der Waals surface area contributed by atoms with Crippen molar-refractivity contribution in [2.45, 2.75) is 44.7 Å². The maximum Gasteiger partial charge on any atom is 0.132 e. The number of anilines is 2. The lowest BCUT2D eigenvalue weighted by molar-refractivity contribution is 0.632. The van der Waals surface area contributed by atoms with Crippen molar-refractivity contribution in [3.05, 3.63) is 11.9 Å². The zero-order valence-electron chi connectivity index (χ0n) is 10.9. The predicted octanol–water partition coefficient (Wildman–Crippen LogP) is 1.52. The van der Waals surface area contributed by atoms with Crippen LogP contribution in [0.2, 0.25) is 0 Å². The molecule has 3 rings (SSSR count). The van der Waals surface area contributed by atoms with E-state index in [1.54, 1.807) is 0 Å². The van der Waals surface area contributed by atoms with Gasteiger partial charge in [-0.2, -0.15) is 0 Å². The third-order valence-corrected chi connectivity index (χ3v) is 3.46. The van der Waals surface area contributed by atoms with Crippen LogP contribution < -0.4 is 16.0 Å². The molecular formula is C13H21N5. The summed E-state index contributed by atoms with van der Waals surface area (Å²) in [5.74, 6) is 2.70. The SMILES string of the molecule is Cc1nc(NCC2CCCN2)cc(NC2CC2)n1. The highest BCUT2D eigenvalue weighted by molar-refractivity contribution is 5.48. The number of nitrogens with zero attached hydrogens (tertiary/aromatic N) is 2. The highest BCUT2D eigenvalue weighted by Gasteiger charge is 2.21. The van der Waals surface area contributed by atoms with Crippen LogP contribution in [0.5, 0.6) is 0 Å². The van der Waals surface area contributed by atoms with Crippen LogP contribution in [0.1, 0.15) is 31.5 Å². The number of aromatic nitrogens is 2. The van der Waals surface area contributed by atoms with Crippen LogP contribution in [0, 0.1) is 6.92 Å². The highest BCUT2D eigenvalue weighted by atomic mass is 15.1. The molecule has 1 aromatic heterocycles. The Bertz CT molecular complexity index is 410. The Hall–Kier alpha value is -1.36. The van der Waals surface area contributed by atoms with Gasteiger partial charge >= 0.3 is 0 Å². The van der Waals surface area contributed by atoms with Crippen molar-refractivity contribution < 1.29 is 0 Å². The summed E-state index contributed by atoms with van der Waals surface area (Å²) in [4.78, 5) is 8.85. The topological polar surface area (TPSA) is 61.9 Å². The minimum absolute atomic E-state index is 0.583. The van der Waals surface area contributed by atoms with Gasteiger partial charge in [-0.25, -0.2) is 9.97 Å². The Balaban J connectivity index is 1.60. The molecule has 2 heterocycles. The van der Waals surface area contributed by atoms with E-state index in [1.165, 1.54) is 25.7 Å². The van der Waals surface area contributed by atoms with Crippen LogP contribution in [0.3, 0.4) is 0 Å². The summed E-state index contributed by atoms with van der Waals surface area (Å²) >= 11 is 0. The van der Waals surface area contributed by atoms with Gasteiger partial charge in [0, 0.05) is 24.7 Å². The molecule has 18 heavy (non-hydrogen) atoms.